The van der Waals surface area contributed by atoms with Crippen LogP contribution in [0.2, 0.25) is 0 Å². The number of amides is 1. The molecule has 1 N–H and O–H groups in total. The van der Waals surface area contributed by atoms with Gasteiger partial charge in [0.15, 0.2) is 0 Å². The lowest BCUT2D eigenvalue weighted by Gasteiger charge is -2.12. The summed E-state index contributed by atoms with van der Waals surface area (Å²) < 4.78 is 5.33. The van der Waals surface area contributed by atoms with Gasteiger partial charge < -0.3 is 14.6 Å². The summed E-state index contributed by atoms with van der Waals surface area (Å²) in [5.41, 5.74) is 0. The standard InChI is InChI=1S/C10H15N3O2/c1-11-7-9-12-6-8(15-9)10(14)13-4-2-3-5-13/h6,11H,2-5,7H2,1H3. The second kappa shape index (κ2) is 4.44. The van der Waals surface area contributed by atoms with Gasteiger partial charge >= 0.3 is 0 Å². The maximum absolute atomic E-state index is 11.8. The molecule has 5 nitrogen and oxygen atoms in total. The number of rotatable bonds is 3. The molecule has 0 unspecified atom stereocenters. The molecule has 0 bridgehead atoms. The molecule has 82 valence electrons. The first kappa shape index (κ1) is 10.2. The van der Waals surface area contributed by atoms with Crippen LogP contribution < -0.4 is 5.32 Å². The van der Waals surface area contributed by atoms with Crippen LogP contribution in [0.5, 0.6) is 0 Å². The summed E-state index contributed by atoms with van der Waals surface area (Å²) in [4.78, 5) is 17.7. The third-order valence-corrected chi connectivity index (χ3v) is 2.49. The fourth-order valence-corrected chi connectivity index (χ4v) is 1.72. The lowest BCUT2D eigenvalue weighted by molar-refractivity contribution is 0.0759. The number of likely N-dealkylation sites (tertiary alicyclic amines) is 1. The predicted octanol–water partition coefficient (Wildman–Crippen LogP) is 0.630. The monoisotopic (exact) mass is 209 g/mol. The number of carbonyl (C=O) groups is 1. The molecule has 1 aliphatic heterocycles. The normalized spacial score (nSPS) is 15.9. The minimum absolute atomic E-state index is 0.0395. The van der Waals surface area contributed by atoms with E-state index in [9.17, 15) is 4.79 Å². The van der Waals surface area contributed by atoms with E-state index in [0.29, 0.717) is 18.2 Å². The van der Waals surface area contributed by atoms with Gasteiger partial charge in [0.1, 0.15) is 0 Å². The summed E-state index contributed by atoms with van der Waals surface area (Å²) in [5, 5.41) is 2.92. The highest BCUT2D eigenvalue weighted by molar-refractivity contribution is 5.91. The molecule has 0 atom stereocenters. The first-order chi connectivity index (χ1) is 7.31. The van der Waals surface area contributed by atoms with Crippen molar-refractivity contribution >= 4 is 5.91 Å². The molecule has 1 fully saturated rings. The molecular weight excluding hydrogens is 194 g/mol. The largest absolute Gasteiger partial charge is 0.434 e. The van der Waals surface area contributed by atoms with Gasteiger partial charge in [-0.3, -0.25) is 4.79 Å². The van der Waals surface area contributed by atoms with E-state index in [1.807, 2.05) is 11.9 Å². The third-order valence-electron chi connectivity index (χ3n) is 2.49. The van der Waals surface area contributed by atoms with Gasteiger partial charge in [0.05, 0.1) is 12.7 Å². The van der Waals surface area contributed by atoms with E-state index in [1.54, 1.807) is 0 Å². The molecule has 1 aromatic rings. The Balaban J connectivity index is 2.04. The Morgan fingerprint density at radius 2 is 2.33 bits per heavy atom. The fourth-order valence-electron chi connectivity index (χ4n) is 1.72. The zero-order valence-electron chi connectivity index (χ0n) is 8.82. The molecule has 0 aliphatic carbocycles. The minimum Gasteiger partial charge on any atom is -0.434 e. The van der Waals surface area contributed by atoms with Crippen LogP contribution >= 0.6 is 0 Å². The SMILES string of the molecule is CNCc1ncc(C(=O)N2CCCC2)o1. The molecule has 0 spiro atoms. The number of aromatic nitrogens is 1. The average Bonchev–Trinajstić information content (AvgIpc) is 2.87. The van der Waals surface area contributed by atoms with Crippen LogP contribution in [-0.4, -0.2) is 35.9 Å². The highest BCUT2D eigenvalue weighted by Gasteiger charge is 2.22. The summed E-state index contributed by atoms with van der Waals surface area (Å²) in [6.45, 7) is 2.22. The van der Waals surface area contributed by atoms with Gasteiger partial charge in [-0.05, 0) is 19.9 Å². The smallest absolute Gasteiger partial charge is 0.291 e. The second-order valence-corrected chi connectivity index (χ2v) is 3.65. The van der Waals surface area contributed by atoms with Crippen molar-refractivity contribution in [2.45, 2.75) is 19.4 Å². The Kier molecular flexibility index (Phi) is 3.01. The molecule has 0 saturated carbocycles. The Morgan fingerprint density at radius 3 is 3.00 bits per heavy atom. The number of oxazole rings is 1. The van der Waals surface area contributed by atoms with Crippen LogP contribution in [0.25, 0.3) is 0 Å². The average molecular weight is 209 g/mol. The van der Waals surface area contributed by atoms with Crippen molar-refractivity contribution in [2.75, 3.05) is 20.1 Å². The van der Waals surface area contributed by atoms with Crippen LogP contribution in [0.4, 0.5) is 0 Å². The van der Waals surface area contributed by atoms with Gasteiger partial charge in [-0.15, -0.1) is 0 Å². The Hall–Kier alpha value is -1.36. The molecule has 15 heavy (non-hydrogen) atoms. The van der Waals surface area contributed by atoms with E-state index >= 15 is 0 Å². The van der Waals surface area contributed by atoms with Crippen LogP contribution in [0.1, 0.15) is 29.3 Å². The molecule has 1 aromatic heterocycles. The summed E-state index contributed by atoms with van der Waals surface area (Å²) in [6.07, 6.45) is 3.68. The van der Waals surface area contributed by atoms with Crippen molar-refractivity contribution in [3.8, 4) is 0 Å². The number of nitrogens with one attached hydrogen (secondary N) is 1. The maximum atomic E-state index is 11.8. The van der Waals surface area contributed by atoms with Crippen LogP contribution in [0.3, 0.4) is 0 Å². The van der Waals surface area contributed by atoms with Crippen LogP contribution in [0, 0.1) is 0 Å². The lowest BCUT2D eigenvalue weighted by Crippen LogP contribution is -2.27. The molecule has 1 aliphatic rings. The van der Waals surface area contributed by atoms with Gasteiger partial charge in [0.2, 0.25) is 11.7 Å². The Morgan fingerprint density at radius 1 is 1.60 bits per heavy atom. The highest BCUT2D eigenvalue weighted by Crippen LogP contribution is 2.13. The number of nitrogens with zero attached hydrogens (tertiary/aromatic N) is 2. The van der Waals surface area contributed by atoms with E-state index in [4.69, 9.17) is 4.42 Å². The van der Waals surface area contributed by atoms with E-state index in [-0.39, 0.29) is 5.91 Å². The van der Waals surface area contributed by atoms with E-state index in [0.717, 1.165) is 25.9 Å². The molecule has 0 radical (unpaired) electrons. The van der Waals surface area contributed by atoms with Crippen molar-refractivity contribution in [3.05, 3.63) is 17.8 Å². The number of carbonyl (C=O) groups excluding carboxylic acids is 1. The van der Waals surface area contributed by atoms with Gasteiger partial charge in [0, 0.05) is 13.1 Å². The molecule has 2 heterocycles. The van der Waals surface area contributed by atoms with E-state index < -0.39 is 0 Å². The van der Waals surface area contributed by atoms with Crippen LogP contribution in [-0.2, 0) is 6.54 Å². The molecule has 1 saturated heterocycles. The lowest BCUT2D eigenvalue weighted by atomic mass is 10.4. The van der Waals surface area contributed by atoms with Gasteiger partial charge in [-0.2, -0.15) is 0 Å². The van der Waals surface area contributed by atoms with Crippen molar-refractivity contribution in [2.24, 2.45) is 0 Å². The summed E-state index contributed by atoms with van der Waals surface area (Å²) in [5.74, 6) is 0.865. The van der Waals surface area contributed by atoms with Gasteiger partial charge in [-0.25, -0.2) is 4.98 Å². The van der Waals surface area contributed by atoms with Gasteiger partial charge in [0.25, 0.3) is 5.91 Å². The third kappa shape index (κ3) is 2.18. The van der Waals surface area contributed by atoms with Crippen LogP contribution in [0.15, 0.2) is 10.6 Å². The molecule has 2 rings (SSSR count). The molecule has 1 amide bonds. The fraction of sp³-hybridized carbons (Fsp3) is 0.600. The predicted molar refractivity (Wildman–Crippen MR) is 54.4 cm³/mol. The number of hydrogen-bond donors (Lipinski definition) is 1. The molecule has 0 aromatic carbocycles. The second-order valence-electron chi connectivity index (χ2n) is 3.65. The van der Waals surface area contributed by atoms with E-state index in [2.05, 4.69) is 10.3 Å². The van der Waals surface area contributed by atoms with Crippen molar-refractivity contribution in [1.29, 1.82) is 0 Å². The zero-order chi connectivity index (χ0) is 10.7. The Labute approximate surface area is 88.5 Å². The summed E-state index contributed by atoms with van der Waals surface area (Å²) in [7, 11) is 1.81. The molecule has 5 heteroatoms. The van der Waals surface area contributed by atoms with Crippen molar-refractivity contribution in [3.63, 3.8) is 0 Å². The summed E-state index contributed by atoms with van der Waals surface area (Å²) >= 11 is 0. The van der Waals surface area contributed by atoms with Crippen molar-refractivity contribution < 1.29 is 9.21 Å². The number of hydrogen-bond acceptors (Lipinski definition) is 4. The topological polar surface area (TPSA) is 58.4 Å². The van der Waals surface area contributed by atoms with Gasteiger partial charge in [-0.1, -0.05) is 0 Å². The zero-order valence-corrected chi connectivity index (χ0v) is 8.82. The first-order valence-corrected chi connectivity index (χ1v) is 5.20. The minimum atomic E-state index is -0.0395. The highest BCUT2D eigenvalue weighted by atomic mass is 16.4. The maximum Gasteiger partial charge on any atom is 0.291 e. The first-order valence-electron chi connectivity index (χ1n) is 5.20. The van der Waals surface area contributed by atoms with Crippen molar-refractivity contribution in [1.82, 2.24) is 15.2 Å². The quantitative estimate of drug-likeness (QED) is 0.793. The summed E-state index contributed by atoms with van der Waals surface area (Å²) in [6, 6.07) is 0. The molecular formula is C10H15N3O2. The van der Waals surface area contributed by atoms with E-state index in [1.165, 1.54) is 6.20 Å². The Bertz CT molecular complexity index is 342.